The molecule has 7 nitrogen and oxygen atoms in total. The number of thiophene rings is 1. The number of amides is 2. The van der Waals surface area contributed by atoms with Crippen molar-refractivity contribution in [3.05, 3.63) is 46.7 Å². The number of benzene rings is 1. The van der Waals surface area contributed by atoms with Crippen molar-refractivity contribution in [2.45, 2.75) is 27.2 Å². The van der Waals surface area contributed by atoms with E-state index in [-0.39, 0.29) is 11.8 Å². The fourth-order valence-electron chi connectivity index (χ4n) is 2.34. The van der Waals surface area contributed by atoms with Gasteiger partial charge in [0.05, 0.1) is 10.6 Å². The van der Waals surface area contributed by atoms with E-state index in [9.17, 15) is 9.59 Å². The van der Waals surface area contributed by atoms with E-state index in [0.717, 1.165) is 9.75 Å². The lowest BCUT2D eigenvalue weighted by Gasteiger charge is -2.07. The third-order valence-corrected chi connectivity index (χ3v) is 4.63. The highest BCUT2D eigenvalue weighted by Gasteiger charge is 2.15. The number of nitrogens with one attached hydrogen (secondary N) is 2. The average Bonchev–Trinajstić information content (AvgIpc) is 3.21. The normalized spacial score (nSPS) is 10.6. The van der Waals surface area contributed by atoms with Gasteiger partial charge in [-0.25, -0.2) is 0 Å². The number of carbonyl (C=O) groups is 2. The molecule has 134 valence electrons. The molecular weight excluding hydrogens is 352 g/mol. The first-order valence-electron chi connectivity index (χ1n) is 8.08. The molecule has 0 unspecified atom stereocenters. The Balaban J connectivity index is 1.78. The zero-order chi connectivity index (χ0) is 18.7. The zero-order valence-electron chi connectivity index (χ0n) is 14.6. The van der Waals surface area contributed by atoms with Gasteiger partial charge in [-0.2, -0.15) is 0 Å². The van der Waals surface area contributed by atoms with Crippen LogP contribution in [0.4, 0.5) is 11.4 Å². The van der Waals surface area contributed by atoms with Gasteiger partial charge in [0.1, 0.15) is 0 Å². The van der Waals surface area contributed by atoms with E-state index in [4.69, 9.17) is 4.42 Å². The van der Waals surface area contributed by atoms with E-state index in [2.05, 4.69) is 20.8 Å². The molecular formula is C18H18N4O3S. The molecule has 0 saturated heterocycles. The van der Waals surface area contributed by atoms with Crippen LogP contribution in [0.1, 0.15) is 35.0 Å². The fourth-order valence-corrected chi connectivity index (χ4v) is 3.24. The Morgan fingerprint density at radius 1 is 1.19 bits per heavy atom. The Kier molecular flexibility index (Phi) is 5.13. The predicted molar refractivity (Wildman–Crippen MR) is 100 cm³/mol. The van der Waals surface area contributed by atoms with Crippen LogP contribution in [0.25, 0.3) is 10.8 Å². The molecule has 2 heterocycles. The lowest BCUT2D eigenvalue weighted by Crippen LogP contribution is -2.13. The maximum Gasteiger partial charge on any atom is 0.257 e. The second kappa shape index (κ2) is 7.49. The molecule has 1 aromatic carbocycles. The standard InChI is InChI=1S/C18H18N4O3S/c1-4-16-21-22-18(25-16)15-9-14(10(2)26-15)20-17(24)12-6-5-7-13(8-12)19-11(3)23/h5-9H,4H2,1-3H3,(H,19,23)(H,20,24). The van der Waals surface area contributed by atoms with Gasteiger partial charge in [0.25, 0.3) is 11.8 Å². The van der Waals surface area contributed by atoms with Gasteiger partial charge >= 0.3 is 0 Å². The van der Waals surface area contributed by atoms with Crippen molar-refractivity contribution in [2.75, 3.05) is 10.6 Å². The minimum Gasteiger partial charge on any atom is -0.420 e. The Morgan fingerprint density at radius 3 is 2.69 bits per heavy atom. The molecule has 3 rings (SSSR count). The van der Waals surface area contributed by atoms with Crippen LogP contribution in [0.15, 0.2) is 34.7 Å². The quantitative estimate of drug-likeness (QED) is 0.710. The Morgan fingerprint density at radius 2 is 2.00 bits per heavy atom. The smallest absolute Gasteiger partial charge is 0.257 e. The van der Waals surface area contributed by atoms with Crippen molar-refractivity contribution in [1.82, 2.24) is 10.2 Å². The molecule has 0 aliphatic heterocycles. The van der Waals surface area contributed by atoms with Crippen LogP contribution in [-0.4, -0.2) is 22.0 Å². The van der Waals surface area contributed by atoms with Crippen LogP contribution in [0, 0.1) is 6.92 Å². The number of rotatable bonds is 5. The molecule has 0 spiro atoms. The summed E-state index contributed by atoms with van der Waals surface area (Å²) < 4.78 is 5.56. The maximum absolute atomic E-state index is 12.5. The molecule has 0 aliphatic carbocycles. The van der Waals surface area contributed by atoms with Gasteiger partial charge in [-0.3, -0.25) is 9.59 Å². The topological polar surface area (TPSA) is 97.1 Å². The summed E-state index contributed by atoms with van der Waals surface area (Å²) in [5, 5.41) is 13.5. The van der Waals surface area contributed by atoms with Crippen LogP contribution in [0.5, 0.6) is 0 Å². The summed E-state index contributed by atoms with van der Waals surface area (Å²) in [7, 11) is 0. The third kappa shape index (κ3) is 3.97. The molecule has 2 aromatic heterocycles. The Bertz CT molecular complexity index is 961. The Labute approximate surface area is 154 Å². The van der Waals surface area contributed by atoms with Gasteiger partial charge in [-0.1, -0.05) is 13.0 Å². The van der Waals surface area contributed by atoms with Gasteiger partial charge in [-0.15, -0.1) is 21.5 Å². The molecule has 2 N–H and O–H groups in total. The number of nitrogens with zero attached hydrogens (tertiary/aromatic N) is 2. The molecule has 0 fully saturated rings. The number of anilines is 2. The summed E-state index contributed by atoms with van der Waals surface area (Å²) >= 11 is 1.47. The number of aryl methyl sites for hydroxylation is 2. The van der Waals surface area contributed by atoms with Gasteiger partial charge in [0.2, 0.25) is 11.8 Å². The second-order valence-electron chi connectivity index (χ2n) is 5.65. The SMILES string of the molecule is CCc1nnc(-c2cc(NC(=O)c3cccc(NC(C)=O)c3)c(C)s2)o1. The van der Waals surface area contributed by atoms with Gasteiger partial charge in [0.15, 0.2) is 0 Å². The third-order valence-electron chi connectivity index (χ3n) is 3.59. The summed E-state index contributed by atoms with van der Waals surface area (Å²) in [5.74, 6) is 0.575. The van der Waals surface area contributed by atoms with E-state index >= 15 is 0 Å². The van der Waals surface area contributed by atoms with E-state index in [1.165, 1.54) is 18.3 Å². The van der Waals surface area contributed by atoms with Crippen molar-refractivity contribution in [3.8, 4) is 10.8 Å². The number of hydrogen-bond donors (Lipinski definition) is 2. The first-order chi connectivity index (χ1) is 12.5. The number of hydrogen-bond acceptors (Lipinski definition) is 6. The number of aromatic nitrogens is 2. The molecule has 3 aromatic rings. The highest BCUT2D eigenvalue weighted by Crippen LogP contribution is 2.33. The maximum atomic E-state index is 12.5. The molecule has 0 radical (unpaired) electrons. The van der Waals surface area contributed by atoms with Crippen molar-refractivity contribution in [3.63, 3.8) is 0 Å². The summed E-state index contributed by atoms with van der Waals surface area (Å²) in [4.78, 5) is 25.4. The minimum absolute atomic E-state index is 0.188. The van der Waals surface area contributed by atoms with E-state index in [1.54, 1.807) is 24.3 Å². The fraction of sp³-hybridized carbons (Fsp3) is 0.222. The molecule has 0 aliphatic rings. The first-order valence-corrected chi connectivity index (χ1v) is 8.90. The zero-order valence-corrected chi connectivity index (χ0v) is 15.4. The van der Waals surface area contributed by atoms with E-state index in [1.807, 2.05) is 19.9 Å². The van der Waals surface area contributed by atoms with Crippen LogP contribution in [0.2, 0.25) is 0 Å². The summed E-state index contributed by atoms with van der Waals surface area (Å²) in [6.07, 6.45) is 0.672. The average molecular weight is 370 g/mol. The van der Waals surface area contributed by atoms with E-state index in [0.29, 0.717) is 35.1 Å². The predicted octanol–water partition coefficient (Wildman–Crippen LogP) is 3.88. The Hall–Kier alpha value is -3.00. The monoisotopic (exact) mass is 370 g/mol. The minimum atomic E-state index is -0.260. The lowest BCUT2D eigenvalue weighted by atomic mass is 10.2. The van der Waals surface area contributed by atoms with Gasteiger partial charge in [-0.05, 0) is 31.2 Å². The summed E-state index contributed by atoms with van der Waals surface area (Å²) in [5.41, 5.74) is 1.72. The first kappa shape index (κ1) is 17.8. The molecule has 0 saturated carbocycles. The lowest BCUT2D eigenvalue weighted by molar-refractivity contribution is -0.114. The molecule has 8 heteroatoms. The van der Waals surface area contributed by atoms with Crippen LogP contribution in [0.3, 0.4) is 0 Å². The summed E-state index contributed by atoms with van der Waals surface area (Å²) in [6, 6.07) is 8.59. The molecule has 0 bridgehead atoms. The van der Waals surface area contributed by atoms with Crippen molar-refractivity contribution in [2.24, 2.45) is 0 Å². The van der Waals surface area contributed by atoms with E-state index < -0.39 is 0 Å². The van der Waals surface area contributed by atoms with Crippen LogP contribution in [-0.2, 0) is 11.2 Å². The second-order valence-corrected chi connectivity index (χ2v) is 6.91. The number of carbonyl (C=O) groups excluding carboxylic acids is 2. The molecule has 26 heavy (non-hydrogen) atoms. The molecule has 0 atom stereocenters. The van der Waals surface area contributed by atoms with Crippen LogP contribution >= 0.6 is 11.3 Å². The highest BCUT2D eigenvalue weighted by molar-refractivity contribution is 7.15. The highest BCUT2D eigenvalue weighted by atomic mass is 32.1. The van der Waals surface area contributed by atoms with Crippen molar-refractivity contribution in [1.29, 1.82) is 0 Å². The summed E-state index contributed by atoms with van der Waals surface area (Å²) in [6.45, 7) is 5.27. The van der Waals surface area contributed by atoms with Crippen LogP contribution < -0.4 is 10.6 Å². The van der Waals surface area contributed by atoms with Crippen molar-refractivity contribution < 1.29 is 14.0 Å². The molecule has 2 amide bonds. The van der Waals surface area contributed by atoms with Crippen molar-refractivity contribution >= 4 is 34.5 Å². The van der Waals surface area contributed by atoms with Gasteiger partial charge in [0, 0.05) is 29.5 Å². The van der Waals surface area contributed by atoms with Gasteiger partial charge < -0.3 is 15.1 Å². The largest absolute Gasteiger partial charge is 0.420 e.